The molecule has 14 heavy (non-hydrogen) atoms. The number of hydrogen-bond acceptors (Lipinski definition) is 2. The van der Waals surface area contributed by atoms with Crippen LogP contribution in [0.2, 0.25) is 0 Å². The Labute approximate surface area is 91.5 Å². The van der Waals surface area contributed by atoms with Gasteiger partial charge in [0.1, 0.15) is 0 Å². The lowest BCUT2D eigenvalue weighted by Crippen LogP contribution is -2.31. The van der Waals surface area contributed by atoms with Crippen molar-refractivity contribution in [1.82, 2.24) is 5.32 Å². The van der Waals surface area contributed by atoms with Crippen molar-refractivity contribution in [2.24, 2.45) is 5.92 Å². The highest BCUT2D eigenvalue weighted by Gasteiger charge is 2.04. The lowest BCUT2D eigenvalue weighted by Gasteiger charge is -2.16. The van der Waals surface area contributed by atoms with E-state index in [0.29, 0.717) is 6.04 Å². The molecule has 0 saturated heterocycles. The van der Waals surface area contributed by atoms with Crippen molar-refractivity contribution < 1.29 is 0 Å². The maximum absolute atomic E-state index is 3.55. The van der Waals surface area contributed by atoms with E-state index in [9.17, 15) is 0 Å². The van der Waals surface area contributed by atoms with Gasteiger partial charge in [-0.05, 0) is 43.7 Å². The zero-order valence-electron chi connectivity index (χ0n) is 9.42. The first-order chi connectivity index (χ1) is 6.70. The molecule has 0 saturated carbocycles. The van der Waals surface area contributed by atoms with Gasteiger partial charge in [-0.15, -0.1) is 11.3 Å². The Balaban J connectivity index is 2.05. The van der Waals surface area contributed by atoms with Crippen LogP contribution < -0.4 is 5.32 Å². The molecule has 0 aliphatic carbocycles. The molecule has 1 aromatic rings. The first-order valence-corrected chi connectivity index (χ1v) is 6.34. The Kier molecular flexibility index (Phi) is 5.20. The van der Waals surface area contributed by atoms with Crippen molar-refractivity contribution in [1.29, 1.82) is 0 Å². The smallest absolute Gasteiger partial charge is 0.00617 e. The third-order valence-corrected chi connectivity index (χ3v) is 3.58. The van der Waals surface area contributed by atoms with Crippen LogP contribution in [0.5, 0.6) is 0 Å². The van der Waals surface area contributed by atoms with Gasteiger partial charge in [-0.1, -0.05) is 19.9 Å². The third-order valence-electron chi connectivity index (χ3n) is 2.65. The van der Waals surface area contributed by atoms with Crippen molar-refractivity contribution in [3.63, 3.8) is 0 Å². The minimum atomic E-state index is 0.637. The van der Waals surface area contributed by atoms with Gasteiger partial charge in [-0.2, -0.15) is 0 Å². The topological polar surface area (TPSA) is 12.0 Å². The molecule has 2 heteroatoms. The van der Waals surface area contributed by atoms with E-state index in [-0.39, 0.29) is 0 Å². The van der Waals surface area contributed by atoms with Gasteiger partial charge in [-0.3, -0.25) is 0 Å². The Morgan fingerprint density at radius 2 is 2.14 bits per heavy atom. The number of thiophene rings is 1. The van der Waals surface area contributed by atoms with Gasteiger partial charge in [0.2, 0.25) is 0 Å². The molecule has 80 valence electrons. The molecule has 0 aliphatic rings. The normalized spacial score (nSPS) is 13.4. The maximum atomic E-state index is 3.55. The fraction of sp³-hybridized carbons (Fsp3) is 0.667. The van der Waals surface area contributed by atoms with Crippen LogP contribution in [0.4, 0.5) is 0 Å². The van der Waals surface area contributed by atoms with Gasteiger partial charge in [-0.25, -0.2) is 0 Å². The van der Waals surface area contributed by atoms with Crippen molar-refractivity contribution in [2.45, 2.75) is 39.7 Å². The predicted molar refractivity (Wildman–Crippen MR) is 64.9 cm³/mol. The van der Waals surface area contributed by atoms with E-state index in [0.717, 1.165) is 12.5 Å². The van der Waals surface area contributed by atoms with Crippen molar-refractivity contribution in [3.05, 3.63) is 22.4 Å². The molecule has 0 amide bonds. The highest BCUT2D eigenvalue weighted by molar-refractivity contribution is 7.09. The van der Waals surface area contributed by atoms with E-state index in [1.54, 1.807) is 0 Å². The Morgan fingerprint density at radius 3 is 2.71 bits per heavy atom. The second kappa shape index (κ2) is 6.20. The second-order valence-corrected chi connectivity index (χ2v) is 5.20. The van der Waals surface area contributed by atoms with E-state index < -0.39 is 0 Å². The molecule has 1 N–H and O–H groups in total. The van der Waals surface area contributed by atoms with Crippen LogP contribution in [0.15, 0.2) is 17.5 Å². The molecule has 0 radical (unpaired) electrons. The number of nitrogens with one attached hydrogen (secondary N) is 1. The summed E-state index contributed by atoms with van der Waals surface area (Å²) in [6.45, 7) is 7.92. The van der Waals surface area contributed by atoms with Crippen LogP contribution in [0.25, 0.3) is 0 Å². The molecule has 1 atom stereocenters. The number of rotatable bonds is 6. The zero-order valence-corrected chi connectivity index (χ0v) is 10.2. The van der Waals surface area contributed by atoms with E-state index in [1.165, 1.54) is 17.7 Å². The lowest BCUT2D eigenvalue weighted by atomic mass is 10.1. The summed E-state index contributed by atoms with van der Waals surface area (Å²) in [5, 5.41) is 5.70. The van der Waals surface area contributed by atoms with E-state index in [4.69, 9.17) is 0 Å². The van der Waals surface area contributed by atoms with E-state index in [1.807, 2.05) is 11.3 Å². The second-order valence-electron chi connectivity index (χ2n) is 4.17. The summed E-state index contributed by atoms with van der Waals surface area (Å²) in [4.78, 5) is 1.50. The van der Waals surface area contributed by atoms with Crippen molar-refractivity contribution in [2.75, 3.05) is 6.54 Å². The molecule has 0 spiro atoms. The fourth-order valence-electron chi connectivity index (χ4n) is 1.28. The zero-order chi connectivity index (χ0) is 10.4. The molecular formula is C12H21NS. The van der Waals surface area contributed by atoms with E-state index >= 15 is 0 Å². The van der Waals surface area contributed by atoms with Gasteiger partial charge in [0, 0.05) is 10.9 Å². The van der Waals surface area contributed by atoms with Gasteiger partial charge in [0.05, 0.1) is 0 Å². The van der Waals surface area contributed by atoms with Gasteiger partial charge in [0.25, 0.3) is 0 Å². The van der Waals surface area contributed by atoms with Crippen molar-refractivity contribution >= 4 is 11.3 Å². The number of aryl methyl sites for hydroxylation is 1. The molecule has 1 unspecified atom stereocenters. The highest BCUT2D eigenvalue weighted by Crippen LogP contribution is 2.10. The minimum Gasteiger partial charge on any atom is -0.314 e. The first kappa shape index (κ1) is 11.7. The summed E-state index contributed by atoms with van der Waals surface area (Å²) < 4.78 is 0. The molecule has 0 aromatic carbocycles. The minimum absolute atomic E-state index is 0.637. The van der Waals surface area contributed by atoms with Crippen LogP contribution in [-0.2, 0) is 6.42 Å². The van der Waals surface area contributed by atoms with Crippen LogP contribution in [0.3, 0.4) is 0 Å². The summed E-state index contributed by atoms with van der Waals surface area (Å²) in [5.74, 6) is 0.733. The molecule has 1 nitrogen and oxygen atoms in total. The molecule has 0 bridgehead atoms. The van der Waals surface area contributed by atoms with Crippen molar-refractivity contribution in [3.8, 4) is 0 Å². The van der Waals surface area contributed by atoms with Crippen LogP contribution in [0, 0.1) is 5.92 Å². The van der Waals surface area contributed by atoms with E-state index in [2.05, 4.69) is 43.6 Å². The van der Waals surface area contributed by atoms with Crippen LogP contribution >= 0.6 is 11.3 Å². The average Bonchev–Trinajstić information content (AvgIpc) is 2.64. The number of hydrogen-bond donors (Lipinski definition) is 1. The summed E-state index contributed by atoms with van der Waals surface area (Å²) in [7, 11) is 0. The monoisotopic (exact) mass is 211 g/mol. The largest absolute Gasteiger partial charge is 0.314 e. The van der Waals surface area contributed by atoms with Crippen LogP contribution in [0.1, 0.15) is 32.1 Å². The molecule has 0 aliphatic heterocycles. The molecule has 0 fully saturated rings. The van der Waals surface area contributed by atoms with Gasteiger partial charge in [0.15, 0.2) is 0 Å². The third kappa shape index (κ3) is 4.25. The molecule has 1 rings (SSSR count). The molecular weight excluding hydrogens is 190 g/mol. The standard InChI is InChI=1S/C12H21NS/c1-10(2)11(3)13-8-4-6-12-7-5-9-14-12/h5,7,9-11,13H,4,6,8H2,1-3H3. The SMILES string of the molecule is CC(C)C(C)NCCCc1cccs1. The molecule has 1 heterocycles. The Bertz CT molecular complexity index is 228. The Hall–Kier alpha value is -0.340. The summed E-state index contributed by atoms with van der Waals surface area (Å²) >= 11 is 1.86. The van der Waals surface area contributed by atoms with Crippen LogP contribution in [-0.4, -0.2) is 12.6 Å². The quantitative estimate of drug-likeness (QED) is 0.712. The maximum Gasteiger partial charge on any atom is 0.00617 e. The van der Waals surface area contributed by atoms with Gasteiger partial charge >= 0.3 is 0 Å². The summed E-state index contributed by atoms with van der Waals surface area (Å²) in [5.41, 5.74) is 0. The summed E-state index contributed by atoms with van der Waals surface area (Å²) in [6, 6.07) is 4.99. The average molecular weight is 211 g/mol. The Morgan fingerprint density at radius 1 is 1.36 bits per heavy atom. The molecule has 1 aromatic heterocycles. The first-order valence-electron chi connectivity index (χ1n) is 5.46. The summed E-state index contributed by atoms with van der Waals surface area (Å²) in [6.07, 6.45) is 2.47. The van der Waals surface area contributed by atoms with Gasteiger partial charge < -0.3 is 5.32 Å². The highest BCUT2D eigenvalue weighted by atomic mass is 32.1. The predicted octanol–water partition coefficient (Wildman–Crippen LogP) is 3.31. The lowest BCUT2D eigenvalue weighted by molar-refractivity contribution is 0.425. The fourth-order valence-corrected chi connectivity index (χ4v) is 2.03.